The zero-order chi connectivity index (χ0) is 10.9. The third-order valence-corrected chi connectivity index (χ3v) is 2.18. The minimum atomic E-state index is -3.13. The van der Waals surface area contributed by atoms with E-state index in [4.69, 9.17) is 17.3 Å². The molecule has 78 valence electrons. The first kappa shape index (κ1) is 11.3. The van der Waals surface area contributed by atoms with E-state index in [2.05, 4.69) is 0 Å². The molecule has 0 aliphatic rings. The summed E-state index contributed by atoms with van der Waals surface area (Å²) in [5.41, 5.74) is 5.16. The molecular formula is C9H9ClF3N. The van der Waals surface area contributed by atoms with E-state index < -0.39 is 17.8 Å². The first-order valence-corrected chi connectivity index (χ1v) is 4.28. The smallest absolute Gasteiger partial charge is 0.264 e. The van der Waals surface area contributed by atoms with Crippen LogP contribution in [0.4, 0.5) is 13.2 Å². The van der Waals surface area contributed by atoms with Crippen LogP contribution in [0.3, 0.4) is 0 Å². The van der Waals surface area contributed by atoms with Gasteiger partial charge in [-0.2, -0.15) is 0 Å². The molecule has 0 aromatic heterocycles. The van der Waals surface area contributed by atoms with Crippen LogP contribution >= 0.6 is 11.6 Å². The molecule has 0 fully saturated rings. The van der Waals surface area contributed by atoms with Gasteiger partial charge in [-0.25, -0.2) is 13.2 Å². The Morgan fingerprint density at radius 2 is 2.00 bits per heavy atom. The average Bonchev–Trinajstić information content (AvgIpc) is 2.06. The second kappa shape index (κ2) is 3.79. The van der Waals surface area contributed by atoms with Crippen LogP contribution in [0.15, 0.2) is 18.2 Å². The van der Waals surface area contributed by atoms with Crippen molar-refractivity contribution in [3.63, 3.8) is 0 Å². The maximum Gasteiger partial charge on any atom is 0.264 e. The van der Waals surface area contributed by atoms with Crippen molar-refractivity contribution in [1.82, 2.24) is 0 Å². The van der Waals surface area contributed by atoms with Gasteiger partial charge >= 0.3 is 0 Å². The molecule has 0 spiro atoms. The van der Waals surface area contributed by atoms with Gasteiger partial charge in [-0.3, -0.25) is 0 Å². The molecule has 0 saturated heterocycles. The quantitative estimate of drug-likeness (QED) is 0.819. The summed E-state index contributed by atoms with van der Waals surface area (Å²) in [5.74, 6) is -3.76. The number of nitrogens with two attached hydrogens (primary N) is 1. The lowest BCUT2D eigenvalue weighted by Crippen LogP contribution is -2.30. The molecule has 2 N–H and O–H groups in total. The first-order valence-electron chi connectivity index (χ1n) is 3.90. The van der Waals surface area contributed by atoms with Crippen LogP contribution in [-0.4, -0.2) is 5.92 Å². The molecule has 1 unspecified atom stereocenters. The van der Waals surface area contributed by atoms with Gasteiger partial charge in [0.1, 0.15) is 5.82 Å². The molecule has 14 heavy (non-hydrogen) atoms. The first-order chi connectivity index (χ1) is 6.32. The zero-order valence-electron chi connectivity index (χ0n) is 7.40. The van der Waals surface area contributed by atoms with Crippen LogP contribution in [0.2, 0.25) is 5.02 Å². The second-order valence-electron chi connectivity index (χ2n) is 3.10. The molecule has 0 saturated carbocycles. The van der Waals surface area contributed by atoms with E-state index in [0.29, 0.717) is 6.92 Å². The lowest BCUT2D eigenvalue weighted by Gasteiger charge is -2.20. The molecule has 1 aromatic rings. The van der Waals surface area contributed by atoms with Crippen LogP contribution in [0.25, 0.3) is 0 Å². The summed E-state index contributed by atoms with van der Waals surface area (Å²) in [6, 6.07) is 1.62. The van der Waals surface area contributed by atoms with E-state index in [-0.39, 0.29) is 10.6 Å². The standard InChI is InChI=1S/C9H9ClF3N/c1-9(12,13)8(14)6-4-5(11)2-3-7(6)10/h2-4,8H,14H2,1H3. The molecule has 0 heterocycles. The maximum atomic E-state index is 12.8. The van der Waals surface area contributed by atoms with E-state index in [0.717, 1.165) is 12.1 Å². The molecular weight excluding hydrogens is 215 g/mol. The summed E-state index contributed by atoms with van der Waals surface area (Å²) in [6.45, 7) is 0.666. The molecule has 1 rings (SSSR count). The number of hydrogen-bond donors (Lipinski definition) is 1. The summed E-state index contributed by atoms with van der Waals surface area (Å²) in [6.07, 6.45) is 0. The molecule has 0 aliphatic heterocycles. The fourth-order valence-corrected chi connectivity index (χ4v) is 1.26. The average molecular weight is 224 g/mol. The van der Waals surface area contributed by atoms with Gasteiger partial charge in [-0.1, -0.05) is 11.6 Å². The van der Waals surface area contributed by atoms with Gasteiger partial charge in [0.15, 0.2) is 0 Å². The second-order valence-corrected chi connectivity index (χ2v) is 3.51. The van der Waals surface area contributed by atoms with Crippen LogP contribution < -0.4 is 5.73 Å². The largest absolute Gasteiger partial charge is 0.319 e. The van der Waals surface area contributed by atoms with Gasteiger partial charge in [0, 0.05) is 11.9 Å². The van der Waals surface area contributed by atoms with E-state index in [1.165, 1.54) is 6.07 Å². The number of hydrogen-bond acceptors (Lipinski definition) is 1. The van der Waals surface area contributed by atoms with Crippen molar-refractivity contribution in [3.05, 3.63) is 34.6 Å². The monoisotopic (exact) mass is 223 g/mol. The topological polar surface area (TPSA) is 26.0 Å². The van der Waals surface area contributed by atoms with Crippen molar-refractivity contribution in [2.24, 2.45) is 5.73 Å². The predicted octanol–water partition coefficient (Wildman–Crippen LogP) is 3.13. The molecule has 0 bridgehead atoms. The summed E-state index contributed by atoms with van der Waals surface area (Å²) in [4.78, 5) is 0. The minimum Gasteiger partial charge on any atom is -0.319 e. The lowest BCUT2D eigenvalue weighted by atomic mass is 10.0. The summed E-state index contributed by atoms with van der Waals surface area (Å²) < 4.78 is 38.4. The highest BCUT2D eigenvalue weighted by Gasteiger charge is 2.33. The molecule has 5 heteroatoms. The van der Waals surface area contributed by atoms with E-state index in [1.807, 2.05) is 0 Å². The number of halogens is 4. The Kier molecular flexibility index (Phi) is 3.07. The fourth-order valence-electron chi connectivity index (χ4n) is 1.03. The van der Waals surface area contributed by atoms with E-state index >= 15 is 0 Å². The minimum absolute atomic E-state index is 0.0421. The van der Waals surface area contributed by atoms with Crippen molar-refractivity contribution < 1.29 is 13.2 Å². The van der Waals surface area contributed by atoms with Crippen molar-refractivity contribution >= 4 is 11.6 Å². The maximum absolute atomic E-state index is 12.8. The Labute approximate surface area is 84.7 Å². The molecule has 1 atom stereocenters. The lowest BCUT2D eigenvalue weighted by molar-refractivity contribution is -0.00623. The Hall–Kier alpha value is -0.740. The highest BCUT2D eigenvalue weighted by molar-refractivity contribution is 6.31. The number of rotatable bonds is 2. The van der Waals surface area contributed by atoms with Crippen LogP contribution in [0, 0.1) is 5.82 Å². The summed E-state index contributed by atoms with van der Waals surface area (Å²) >= 11 is 5.62. The number of benzene rings is 1. The van der Waals surface area contributed by atoms with Crippen LogP contribution in [0.5, 0.6) is 0 Å². The van der Waals surface area contributed by atoms with Gasteiger partial charge < -0.3 is 5.73 Å². The third kappa shape index (κ3) is 2.39. The van der Waals surface area contributed by atoms with Gasteiger partial charge in [-0.15, -0.1) is 0 Å². The summed E-state index contributed by atoms with van der Waals surface area (Å²) in [5, 5.41) is 0.0421. The van der Waals surface area contributed by atoms with Gasteiger partial charge in [0.25, 0.3) is 5.92 Å². The molecule has 1 aromatic carbocycles. The Bertz CT molecular complexity index is 335. The summed E-state index contributed by atoms with van der Waals surface area (Å²) in [7, 11) is 0. The zero-order valence-corrected chi connectivity index (χ0v) is 8.15. The molecule has 0 radical (unpaired) electrons. The Morgan fingerprint density at radius 3 is 2.50 bits per heavy atom. The van der Waals surface area contributed by atoms with Crippen LogP contribution in [-0.2, 0) is 0 Å². The predicted molar refractivity (Wildman–Crippen MR) is 49.0 cm³/mol. The molecule has 0 aliphatic carbocycles. The fraction of sp³-hybridized carbons (Fsp3) is 0.333. The van der Waals surface area contributed by atoms with Crippen molar-refractivity contribution in [2.75, 3.05) is 0 Å². The van der Waals surface area contributed by atoms with Crippen molar-refractivity contribution in [2.45, 2.75) is 18.9 Å². The SMILES string of the molecule is CC(F)(F)C(N)c1cc(F)ccc1Cl. The Morgan fingerprint density at radius 1 is 1.43 bits per heavy atom. The van der Waals surface area contributed by atoms with Gasteiger partial charge in [0.05, 0.1) is 6.04 Å². The van der Waals surface area contributed by atoms with Gasteiger partial charge in [0.2, 0.25) is 0 Å². The van der Waals surface area contributed by atoms with Gasteiger partial charge in [-0.05, 0) is 23.8 Å². The Balaban J connectivity index is 3.12. The van der Waals surface area contributed by atoms with E-state index in [9.17, 15) is 13.2 Å². The highest BCUT2D eigenvalue weighted by atomic mass is 35.5. The molecule has 0 amide bonds. The van der Waals surface area contributed by atoms with Crippen molar-refractivity contribution in [1.29, 1.82) is 0 Å². The highest BCUT2D eigenvalue weighted by Crippen LogP contribution is 2.32. The molecule has 1 nitrogen and oxygen atoms in total. The van der Waals surface area contributed by atoms with E-state index in [1.54, 1.807) is 0 Å². The van der Waals surface area contributed by atoms with Crippen molar-refractivity contribution in [3.8, 4) is 0 Å². The third-order valence-electron chi connectivity index (χ3n) is 1.84. The normalized spacial score (nSPS) is 14.1. The number of alkyl halides is 2. The van der Waals surface area contributed by atoms with Crippen LogP contribution in [0.1, 0.15) is 18.5 Å².